The van der Waals surface area contributed by atoms with Gasteiger partial charge >= 0.3 is 0 Å². The molecule has 1 fully saturated rings. The second-order valence-electron chi connectivity index (χ2n) is 6.74. The zero-order valence-electron chi connectivity index (χ0n) is 14.5. The van der Waals surface area contributed by atoms with E-state index in [2.05, 4.69) is 47.1 Å². The summed E-state index contributed by atoms with van der Waals surface area (Å²) in [5.41, 5.74) is 3.59. The van der Waals surface area contributed by atoms with E-state index in [1.165, 1.54) is 21.2 Å². The van der Waals surface area contributed by atoms with Crippen LogP contribution in [0.5, 0.6) is 11.5 Å². The van der Waals surface area contributed by atoms with E-state index >= 15 is 0 Å². The number of hydrogen-bond donors (Lipinski definition) is 1. The number of fused-ring (bicyclic) bond motifs is 2. The van der Waals surface area contributed by atoms with Crippen LogP contribution in [-0.4, -0.2) is 32.5 Å². The largest absolute Gasteiger partial charge is 0.488 e. The van der Waals surface area contributed by atoms with Crippen LogP contribution in [0.15, 0.2) is 41.8 Å². The van der Waals surface area contributed by atoms with Crippen LogP contribution in [-0.2, 0) is 11.3 Å². The van der Waals surface area contributed by atoms with E-state index in [1.807, 2.05) is 0 Å². The van der Waals surface area contributed by atoms with Crippen molar-refractivity contribution < 1.29 is 14.2 Å². The fourth-order valence-corrected chi connectivity index (χ4v) is 4.60. The molecule has 0 amide bonds. The Morgan fingerprint density at radius 1 is 1.15 bits per heavy atom. The molecule has 0 saturated carbocycles. The molecule has 1 unspecified atom stereocenters. The van der Waals surface area contributed by atoms with Crippen molar-refractivity contribution in [3.8, 4) is 22.6 Å². The zero-order chi connectivity index (χ0) is 17.3. The van der Waals surface area contributed by atoms with E-state index in [1.54, 1.807) is 11.3 Å². The van der Waals surface area contributed by atoms with Crippen molar-refractivity contribution in [2.24, 2.45) is 0 Å². The molecule has 1 saturated heterocycles. The van der Waals surface area contributed by atoms with Crippen LogP contribution in [0.4, 0.5) is 0 Å². The minimum Gasteiger partial charge on any atom is -0.488 e. The predicted octanol–water partition coefficient (Wildman–Crippen LogP) is 4.22. The Morgan fingerprint density at radius 2 is 2.12 bits per heavy atom. The summed E-state index contributed by atoms with van der Waals surface area (Å²) >= 11 is 1.78. The van der Waals surface area contributed by atoms with Gasteiger partial charge in [-0.25, -0.2) is 0 Å². The first-order valence-electron chi connectivity index (χ1n) is 9.10. The number of hydrogen-bond acceptors (Lipinski definition) is 5. The van der Waals surface area contributed by atoms with Gasteiger partial charge in [0.15, 0.2) is 11.5 Å². The van der Waals surface area contributed by atoms with E-state index in [0.29, 0.717) is 13.2 Å². The Hall–Kier alpha value is -2.08. The van der Waals surface area contributed by atoms with E-state index in [4.69, 9.17) is 14.2 Å². The summed E-state index contributed by atoms with van der Waals surface area (Å²) in [5.74, 6) is 1.72. The van der Waals surface area contributed by atoms with Gasteiger partial charge in [0.1, 0.15) is 12.7 Å². The van der Waals surface area contributed by atoms with Crippen molar-refractivity contribution in [1.29, 1.82) is 0 Å². The van der Waals surface area contributed by atoms with Gasteiger partial charge in [-0.1, -0.05) is 18.2 Å². The molecular formula is C21H21NO3S. The molecule has 2 aromatic carbocycles. The van der Waals surface area contributed by atoms with Gasteiger partial charge in [-0.05, 0) is 29.1 Å². The molecule has 3 heterocycles. The third-order valence-corrected chi connectivity index (χ3v) is 5.91. The molecule has 3 aromatic rings. The average Bonchev–Trinajstić information content (AvgIpc) is 3.26. The standard InChI is InChI=1S/C21H21NO3S/c1-2-4-20-17(3-1)18(13-26-20)14-9-15-11-22-6-8-24-21(15)19(10-14)25-16-5-7-23-12-16/h1-4,9-10,13,16,22H,5-8,11-12H2. The third-order valence-electron chi connectivity index (χ3n) is 4.95. The molecule has 4 nitrogen and oxygen atoms in total. The molecule has 134 valence electrons. The highest BCUT2D eigenvalue weighted by Crippen LogP contribution is 2.41. The maximum Gasteiger partial charge on any atom is 0.165 e. The molecule has 1 N–H and O–H groups in total. The van der Waals surface area contributed by atoms with Gasteiger partial charge < -0.3 is 19.5 Å². The summed E-state index contributed by atoms with van der Waals surface area (Å²) in [5, 5.41) is 6.95. The van der Waals surface area contributed by atoms with Crippen LogP contribution in [0.25, 0.3) is 21.2 Å². The first kappa shape index (κ1) is 16.1. The Kier molecular flexibility index (Phi) is 4.28. The van der Waals surface area contributed by atoms with Gasteiger partial charge in [0.25, 0.3) is 0 Å². The van der Waals surface area contributed by atoms with Crippen LogP contribution in [0.1, 0.15) is 12.0 Å². The summed E-state index contributed by atoms with van der Waals surface area (Å²) in [6.45, 7) is 3.72. The lowest BCUT2D eigenvalue weighted by Crippen LogP contribution is -2.17. The maximum atomic E-state index is 6.31. The lowest BCUT2D eigenvalue weighted by Gasteiger charge is -2.18. The van der Waals surface area contributed by atoms with Crippen molar-refractivity contribution >= 4 is 21.4 Å². The Bertz CT molecular complexity index is 930. The Morgan fingerprint density at radius 3 is 3.04 bits per heavy atom. The minimum absolute atomic E-state index is 0.105. The molecule has 5 rings (SSSR count). The molecule has 26 heavy (non-hydrogen) atoms. The van der Waals surface area contributed by atoms with E-state index in [-0.39, 0.29) is 6.10 Å². The molecule has 0 bridgehead atoms. The number of nitrogens with one attached hydrogen (secondary N) is 1. The van der Waals surface area contributed by atoms with Crippen LogP contribution >= 0.6 is 11.3 Å². The molecule has 1 atom stereocenters. The minimum atomic E-state index is 0.105. The van der Waals surface area contributed by atoms with Gasteiger partial charge in [-0.15, -0.1) is 11.3 Å². The summed E-state index contributed by atoms with van der Waals surface area (Å²) < 4.78 is 19.1. The highest BCUT2D eigenvalue weighted by Gasteiger charge is 2.23. The molecule has 1 aromatic heterocycles. The SMILES string of the molecule is c1ccc2c(-c3cc4c(c(OC5CCOC5)c3)OCCNC4)csc2c1. The lowest BCUT2D eigenvalue weighted by molar-refractivity contribution is 0.137. The van der Waals surface area contributed by atoms with Crippen molar-refractivity contribution in [3.05, 3.63) is 47.3 Å². The van der Waals surface area contributed by atoms with Gasteiger partial charge in [-0.2, -0.15) is 0 Å². The first-order chi connectivity index (χ1) is 12.9. The second kappa shape index (κ2) is 6.91. The fourth-order valence-electron chi connectivity index (χ4n) is 3.63. The summed E-state index contributed by atoms with van der Waals surface area (Å²) in [4.78, 5) is 0. The van der Waals surface area contributed by atoms with Gasteiger partial charge in [-0.3, -0.25) is 0 Å². The van der Waals surface area contributed by atoms with Crippen LogP contribution < -0.4 is 14.8 Å². The van der Waals surface area contributed by atoms with Crippen molar-refractivity contribution in [2.45, 2.75) is 19.1 Å². The molecule has 5 heteroatoms. The molecule has 0 spiro atoms. The Balaban J connectivity index is 1.62. The second-order valence-corrected chi connectivity index (χ2v) is 7.65. The van der Waals surface area contributed by atoms with Crippen LogP contribution in [0, 0.1) is 0 Å². The number of rotatable bonds is 3. The van der Waals surface area contributed by atoms with Crippen molar-refractivity contribution in [1.82, 2.24) is 5.32 Å². The number of ether oxygens (including phenoxy) is 3. The molecule has 0 radical (unpaired) electrons. The summed E-state index contributed by atoms with van der Waals surface area (Å²) in [6.07, 6.45) is 1.03. The highest BCUT2D eigenvalue weighted by atomic mass is 32.1. The average molecular weight is 367 g/mol. The number of thiophene rings is 1. The molecule has 2 aliphatic heterocycles. The van der Waals surface area contributed by atoms with Gasteiger partial charge in [0.05, 0.1) is 13.2 Å². The van der Waals surface area contributed by atoms with Crippen LogP contribution in [0.2, 0.25) is 0 Å². The molecule has 2 aliphatic rings. The first-order valence-corrected chi connectivity index (χ1v) is 9.98. The fraction of sp³-hybridized carbons (Fsp3) is 0.333. The lowest BCUT2D eigenvalue weighted by atomic mass is 10.0. The van der Waals surface area contributed by atoms with E-state index in [9.17, 15) is 0 Å². The Labute approximate surface area is 156 Å². The molecular weight excluding hydrogens is 346 g/mol. The molecule has 0 aliphatic carbocycles. The normalized spacial score (nSPS) is 19.8. The van der Waals surface area contributed by atoms with Gasteiger partial charge in [0, 0.05) is 40.7 Å². The zero-order valence-corrected chi connectivity index (χ0v) is 15.3. The summed E-state index contributed by atoms with van der Waals surface area (Å²) in [6, 6.07) is 12.9. The summed E-state index contributed by atoms with van der Waals surface area (Å²) in [7, 11) is 0. The van der Waals surface area contributed by atoms with E-state index in [0.717, 1.165) is 43.2 Å². The van der Waals surface area contributed by atoms with E-state index < -0.39 is 0 Å². The monoisotopic (exact) mass is 367 g/mol. The third kappa shape index (κ3) is 2.96. The van der Waals surface area contributed by atoms with Crippen LogP contribution in [0.3, 0.4) is 0 Å². The van der Waals surface area contributed by atoms with Gasteiger partial charge in [0.2, 0.25) is 0 Å². The maximum absolute atomic E-state index is 6.31. The van der Waals surface area contributed by atoms with Crippen molar-refractivity contribution in [3.63, 3.8) is 0 Å². The van der Waals surface area contributed by atoms with Crippen molar-refractivity contribution in [2.75, 3.05) is 26.4 Å². The highest BCUT2D eigenvalue weighted by molar-refractivity contribution is 7.17. The smallest absolute Gasteiger partial charge is 0.165 e. The topological polar surface area (TPSA) is 39.7 Å². The predicted molar refractivity (Wildman–Crippen MR) is 104 cm³/mol. The number of benzene rings is 2. The quantitative estimate of drug-likeness (QED) is 0.752.